The molecule has 0 fully saturated rings. The van der Waals surface area contributed by atoms with Crippen LogP contribution in [0, 0.1) is 28.5 Å². The summed E-state index contributed by atoms with van der Waals surface area (Å²) in [5.41, 5.74) is 3.25. The lowest BCUT2D eigenvalue weighted by Gasteiger charge is -2.15. The van der Waals surface area contributed by atoms with Crippen molar-refractivity contribution in [1.29, 1.82) is 10.5 Å². The molecule has 0 atom stereocenters. The quantitative estimate of drug-likeness (QED) is 0.639. The molecule has 1 N–H and O–H groups in total. The molecule has 0 bridgehead atoms. The number of fused-ring (bicyclic) bond motifs is 1. The molecule has 0 aliphatic rings. The molecule has 3 aromatic rings. The maximum absolute atomic E-state index is 13.8. The molecule has 0 radical (unpaired) electrons. The summed E-state index contributed by atoms with van der Waals surface area (Å²) >= 11 is 0. The monoisotopic (exact) mass is 375 g/mol. The van der Waals surface area contributed by atoms with Crippen LogP contribution in [0.5, 0.6) is 0 Å². The molecule has 3 rings (SSSR count). The molecule has 0 aliphatic heterocycles. The SMILES string of the molecule is N#CCN(CC#N)C(=O)CCCc1c(-c2ccccn2)[nH]c2ccc(F)cc12. The standard InChI is InChI=1S/C21H18FN5O/c22-15-7-8-18-17(14-15)16(21(26-18)19-5-1-2-11-25-19)4-3-6-20(28)27(12-9-23)13-10-24/h1-2,5,7-8,11,14,26H,3-4,6,12-13H2. The van der Waals surface area contributed by atoms with E-state index in [1.165, 1.54) is 17.0 Å². The fourth-order valence-corrected chi connectivity index (χ4v) is 3.19. The Morgan fingerprint density at radius 1 is 1.18 bits per heavy atom. The Bertz CT molecular complexity index is 1050. The molecule has 7 heteroatoms. The van der Waals surface area contributed by atoms with Gasteiger partial charge in [0.05, 0.1) is 23.5 Å². The number of carbonyl (C=O) groups is 1. The van der Waals surface area contributed by atoms with Crippen molar-refractivity contribution < 1.29 is 9.18 Å². The Morgan fingerprint density at radius 3 is 2.64 bits per heavy atom. The van der Waals surface area contributed by atoms with E-state index in [0.29, 0.717) is 12.8 Å². The van der Waals surface area contributed by atoms with Crippen LogP contribution in [0.25, 0.3) is 22.3 Å². The summed E-state index contributed by atoms with van der Waals surface area (Å²) in [6.45, 7) is -0.215. The second-order valence-corrected chi connectivity index (χ2v) is 6.30. The van der Waals surface area contributed by atoms with Crippen molar-refractivity contribution in [2.45, 2.75) is 19.3 Å². The van der Waals surface area contributed by atoms with Gasteiger partial charge < -0.3 is 9.88 Å². The zero-order valence-corrected chi connectivity index (χ0v) is 15.2. The number of pyridine rings is 1. The van der Waals surface area contributed by atoms with Gasteiger partial charge in [0.15, 0.2) is 0 Å². The maximum Gasteiger partial charge on any atom is 0.224 e. The summed E-state index contributed by atoms with van der Waals surface area (Å²) in [5.74, 6) is -0.570. The number of benzene rings is 1. The fraction of sp³-hybridized carbons (Fsp3) is 0.238. The molecular weight excluding hydrogens is 357 g/mol. The van der Waals surface area contributed by atoms with Crippen molar-refractivity contribution in [3.8, 4) is 23.5 Å². The van der Waals surface area contributed by atoms with Crippen molar-refractivity contribution in [3.05, 3.63) is 54.0 Å². The third kappa shape index (κ3) is 4.16. The van der Waals surface area contributed by atoms with Gasteiger partial charge >= 0.3 is 0 Å². The fourth-order valence-electron chi connectivity index (χ4n) is 3.19. The minimum absolute atomic E-state index is 0.107. The molecule has 0 saturated heterocycles. The molecule has 0 spiro atoms. The smallest absolute Gasteiger partial charge is 0.224 e. The van der Waals surface area contributed by atoms with E-state index in [-0.39, 0.29) is 31.2 Å². The van der Waals surface area contributed by atoms with Gasteiger partial charge in [0, 0.05) is 23.5 Å². The largest absolute Gasteiger partial charge is 0.353 e. The zero-order chi connectivity index (χ0) is 19.9. The van der Waals surface area contributed by atoms with Gasteiger partial charge in [0.25, 0.3) is 0 Å². The van der Waals surface area contributed by atoms with E-state index in [9.17, 15) is 9.18 Å². The Balaban J connectivity index is 1.84. The van der Waals surface area contributed by atoms with Crippen LogP contribution in [-0.2, 0) is 11.2 Å². The normalized spacial score (nSPS) is 10.4. The summed E-state index contributed by atoms with van der Waals surface area (Å²) in [6.07, 6.45) is 2.94. The second kappa shape index (κ2) is 8.79. The molecule has 2 heterocycles. The number of H-pyrrole nitrogens is 1. The van der Waals surface area contributed by atoms with E-state index in [1.54, 1.807) is 12.3 Å². The molecule has 1 aromatic carbocycles. The van der Waals surface area contributed by atoms with Crippen LogP contribution >= 0.6 is 0 Å². The number of nitrogens with one attached hydrogen (secondary N) is 1. The van der Waals surface area contributed by atoms with E-state index in [2.05, 4.69) is 9.97 Å². The lowest BCUT2D eigenvalue weighted by Crippen LogP contribution is -2.31. The topological polar surface area (TPSA) is 96.6 Å². The highest BCUT2D eigenvalue weighted by Gasteiger charge is 2.17. The Labute approximate surface area is 161 Å². The second-order valence-electron chi connectivity index (χ2n) is 6.30. The van der Waals surface area contributed by atoms with Crippen LogP contribution < -0.4 is 0 Å². The first-order valence-electron chi connectivity index (χ1n) is 8.87. The number of amides is 1. The van der Waals surface area contributed by atoms with E-state index < -0.39 is 0 Å². The molecule has 140 valence electrons. The molecule has 6 nitrogen and oxygen atoms in total. The predicted octanol–water partition coefficient (Wildman–Crippen LogP) is 3.57. The van der Waals surface area contributed by atoms with Crippen molar-refractivity contribution in [2.24, 2.45) is 0 Å². The minimum Gasteiger partial charge on any atom is -0.353 e. The molecule has 0 saturated carbocycles. The number of rotatable bonds is 7. The van der Waals surface area contributed by atoms with Crippen LogP contribution in [0.3, 0.4) is 0 Å². The van der Waals surface area contributed by atoms with Crippen molar-refractivity contribution in [3.63, 3.8) is 0 Å². The molecule has 2 aromatic heterocycles. The number of nitriles is 2. The van der Waals surface area contributed by atoms with Crippen LogP contribution in [0.4, 0.5) is 4.39 Å². The maximum atomic E-state index is 13.8. The van der Waals surface area contributed by atoms with Crippen LogP contribution in [0.1, 0.15) is 18.4 Å². The third-order valence-electron chi connectivity index (χ3n) is 4.48. The number of hydrogen-bond acceptors (Lipinski definition) is 4. The van der Waals surface area contributed by atoms with E-state index in [0.717, 1.165) is 27.9 Å². The molecule has 1 amide bonds. The van der Waals surface area contributed by atoms with Gasteiger partial charge in [0.1, 0.15) is 18.9 Å². The molecule has 0 unspecified atom stereocenters. The van der Waals surface area contributed by atoms with Gasteiger partial charge in [-0.3, -0.25) is 9.78 Å². The number of hydrogen-bond donors (Lipinski definition) is 1. The molecule has 0 aliphatic carbocycles. The van der Waals surface area contributed by atoms with Crippen LogP contribution in [0.15, 0.2) is 42.6 Å². The van der Waals surface area contributed by atoms with Gasteiger partial charge in [0.2, 0.25) is 5.91 Å². The number of nitrogens with zero attached hydrogens (tertiary/aromatic N) is 4. The first kappa shape index (κ1) is 19.1. The number of aryl methyl sites for hydroxylation is 1. The number of aromatic nitrogens is 2. The van der Waals surface area contributed by atoms with Gasteiger partial charge in [-0.15, -0.1) is 0 Å². The Kier molecular flexibility index (Phi) is 5.98. The van der Waals surface area contributed by atoms with Gasteiger partial charge in [-0.1, -0.05) is 6.07 Å². The lowest BCUT2D eigenvalue weighted by molar-refractivity contribution is -0.130. The van der Waals surface area contributed by atoms with Gasteiger partial charge in [-0.25, -0.2) is 4.39 Å². The van der Waals surface area contributed by atoms with Gasteiger partial charge in [-0.2, -0.15) is 10.5 Å². The Hall–Kier alpha value is -3.71. The van der Waals surface area contributed by atoms with Crippen LogP contribution in [-0.4, -0.2) is 33.9 Å². The molecule has 28 heavy (non-hydrogen) atoms. The summed E-state index contributed by atoms with van der Waals surface area (Å²) in [4.78, 5) is 21.2. The first-order valence-corrected chi connectivity index (χ1v) is 8.87. The van der Waals surface area contributed by atoms with E-state index in [4.69, 9.17) is 10.5 Å². The van der Waals surface area contributed by atoms with Crippen molar-refractivity contribution >= 4 is 16.8 Å². The Morgan fingerprint density at radius 2 is 1.96 bits per heavy atom. The van der Waals surface area contributed by atoms with Crippen molar-refractivity contribution in [2.75, 3.05) is 13.1 Å². The summed E-state index contributed by atoms with van der Waals surface area (Å²) in [7, 11) is 0. The van der Waals surface area contributed by atoms with E-state index >= 15 is 0 Å². The number of carbonyl (C=O) groups excluding carboxylic acids is 1. The predicted molar refractivity (Wildman–Crippen MR) is 102 cm³/mol. The zero-order valence-electron chi connectivity index (χ0n) is 15.2. The first-order chi connectivity index (χ1) is 13.6. The molecular formula is C21H18FN5O. The lowest BCUT2D eigenvalue weighted by atomic mass is 10.0. The van der Waals surface area contributed by atoms with Gasteiger partial charge in [-0.05, 0) is 48.7 Å². The minimum atomic E-state index is -0.328. The summed E-state index contributed by atoms with van der Waals surface area (Å²) in [6, 6.07) is 13.9. The highest BCUT2D eigenvalue weighted by atomic mass is 19.1. The van der Waals surface area contributed by atoms with Crippen molar-refractivity contribution in [1.82, 2.24) is 14.9 Å². The highest BCUT2D eigenvalue weighted by Crippen LogP contribution is 2.31. The summed E-state index contributed by atoms with van der Waals surface area (Å²) < 4.78 is 13.8. The highest BCUT2D eigenvalue weighted by molar-refractivity contribution is 5.90. The average molecular weight is 375 g/mol. The number of aromatic amines is 1. The third-order valence-corrected chi connectivity index (χ3v) is 4.48. The van der Waals surface area contributed by atoms with E-state index in [1.807, 2.05) is 30.3 Å². The van der Waals surface area contributed by atoms with Crippen LogP contribution in [0.2, 0.25) is 0 Å². The number of halogens is 1. The average Bonchev–Trinajstić information content (AvgIpc) is 3.06. The summed E-state index contributed by atoms with van der Waals surface area (Å²) in [5, 5.41) is 18.4.